The number of carbonyl (C=O) groups excluding carboxylic acids is 1. The highest BCUT2D eigenvalue weighted by Gasteiger charge is 2.40. The van der Waals surface area contributed by atoms with Crippen LogP contribution in [0.25, 0.3) is 0 Å². The van der Waals surface area contributed by atoms with Crippen LogP contribution >= 0.6 is 0 Å². The van der Waals surface area contributed by atoms with Crippen LogP contribution in [0.1, 0.15) is 63.4 Å². The summed E-state index contributed by atoms with van der Waals surface area (Å²) in [5.74, 6) is 4.35. The van der Waals surface area contributed by atoms with Crippen molar-refractivity contribution >= 4 is 5.91 Å². The van der Waals surface area contributed by atoms with Crippen LogP contribution in [-0.2, 0) is 4.79 Å². The smallest absolute Gasteiger partial charge is 0.243 e. The second-order valence-electron chi connectivity index (χ2n) is 8.03. The highest BCUT2D eigenvalue weighted by molar-refractivity contribution is 5.74. The fourth-order valence-corrected chi connectivity index (χ4v) is 4.20. The third-order valence-electron chi connectivity index (χ3n) is 5.86. The van der Waals surface area contributed by atoms with E-state index in [1.807, 2.05) is 0 Å². The molecule has 1 saturated carbocycles. The summed E-state index contributed by atoms with van der Waals surface area (Å²) >= 11 is 0. The van der Waals surface area contributed by atoms with Gasteiger partial charge in [-0.2, -0.15) is 0 Å². The molecule has 7 heteroatoms. The van der Waals surface area contributed by atoms with Crippen LogP contribution in [0.15, 0.2) is 24.3 Å². The highest BCUT2D eigenvalue weighted by atomic mass is 19.1. The molecule has 0 saturated heterocycles. The number of amides is 1. The number of rotatable bonds is 10. The van der Waals surface area contributed by atoms with Gasteiger partial charge in [0.2, 0.25) is 5.91 Å². The van der Waals surface area contributed by atoms with Crippen molar-refractivity contribution in [1.29, 1.82) is 0 Å². The van der Waals surface area contributed by atoms with Crippen LogP contribution in [0.2, 0.25) is 0 Å². The number of hydrogen-bond acceptors (Lipinski definition) is 5. The average Bonchev–Trinajstić information content (AvgIpc) is 3.00. The lowest BCUT2D eigenvalue weighted by molar-refractivity contribution is -0.129. The van der Waals surface area contributed by atoms with E-state index in [0.29, 0.717) is 25.7 Å². The van der Waals surface area contributed by atoms with Crippen molar-refractivity contribution in [2.24, 2.45) is 11.8 Å². The molecule has 0 heterocycles. The SMILES string of the molecule is O=C(CCCCCC[C@@H]1[C@@H](CCC(O)C#Cc2ccccc2F)[C@H](O)C[C@@H]1O)NO. The second kappa shape index (κ2) is 12.7. The normalized spacial score (nSPS) is 24.2. The van der Waals surface area contributed by atoms with E-state index in [1.54, 1.807) is 23.7 Å². The highest BCUT2D eigenvalue weighted by Crippen LogP contribution is 2.39. The first kappa shape index (κ1) is 24.3. The van der Waals surface area contributed by atoms with E-state index in [1.165, 1.54) is 6.07 Å². The van der Waals surface area contributed by atoms with Gasteiger partial charge in [-0.25, -0.2) is 9.87 Å². The minimum Gasteiger partial charge on any atom is -0.393 e. The van der Waals surface area contributed by atoms with Gasteiger partial charge in [0, 0.05) is 6.42 Å². The van der Waals surface area contributed by atoms with Gasteiger partial charge in [-0.3, -0.25) is 10.0 Å². The summed E-state index contributed by atoms with van der Waals surface area (Å²) in [5.41, 5.74) is 1.85. The zero-order valence-electron chi connectivity index (χ0n) is 17.1. The quantitative estimate of drug-likeness (QED) is 0.173. The fraction of sp³-hybridized carbons (Fsp3) is 0.609. The zero-order valence-corrected chi connectivity index (χ0v) is 17.1. The molecule has 0 aliphatic heterocycles. The summed E-state index contributed by atoms with van der Waals surface area (Å²) in [6.07, 6.45) is 3.51. The molecule has 1 unspecified atom stereocenters. The molecule has 1 aromatic rings. The summed E-state index contributed by atoms with van der Waals surface area (Å²) in [6, 6.07) is 6.13. The molecular weight excluding hydrogens is 389 g/mol. The van der Waals surface area contributed by atoms with Crippen molar-refractivity contribution in [2.75, 3.05) is 0 Å². The second-order valence-corrected chi connectivity index (χ2v) is 8.03. The topological polar surface area (TPSA) is 110 Å². The number of carbonyl (C=O) groups is 1. The number of unbranched alkanes of at least 4 members (excludes halogenated alkanes) is 3. The number of aliphatic hydroxyl groups excluding tert-OH is 3. The van der Waals surface area contributed by atoms with Gasteiger partial charge in [0.1, 0.15) is 11.9 Å². The molecule has 5 atom stereocenters. The van der Waals surface area contributed by atoms with Gasteiger partial charge in [0.25, 0.3) is 0 Å². The lowest BCUT2D eigenvalue weighted by Gasteiger charge is -2.24. The summed E-state index contributed by atoms with van der Waals surface area (Å²) < 4.78 is 13.6. The van der Waals surface area contributed by atoms with E-state index >= 15 is 0 Å². The largest absolute Gasteiger partial charge is 0.393 e. The Morgan fingerprint density at radius 3 is 2.47 bits per heavy atom. The maximum atomic E-state index is 13.6. The molecule has 6 nitrogen and oxygen atoms in total. The number of aliphatic hydroxyl groups is 3. The number of benzene rings is 1. The Morgan fingerprint density at radius 2 is 1.77 bits per heavy atom. The average molecular weight is 422 g/mol. The molecule has 0 bridgehead atoms. The predicted octanol–water partition coefficient (Wildman–Crippen LogP) is 2.52. The molecule has 166 valence electrons. The summed E-state index contributed by atoms with van der Waals surface area (Å²) in [6.45, 7) is 0. The fourth-order valence-electron chi connectivity index (χ4n) is 4.20. The third kappa shape index (κ3) is 7.69. The standard InChI is InChI=1S/C23H32FNO5/c24-20-9-6-5-7-16(20)11-12-17(26)13-14-19-18(21(27)15-22(19)28)8-3-1-2-4-10-23(29)25-30/h5-7,9,17-19,21-22,26-28,30H,1-4,8,10,13-15H2,(H,25,29)/t17?,18-,19-,21+,22-/m1/s1. The summed E-state index contributed by atoms with van der Waals surface area (Å²) in [7, 11) is 0. The van der Waals surface area contributed by atoms with Crippen molar-refractivity contribution in [3.8, 4) is 11.8 Å². The van der Waals surface area contributed by atoms with Crippen LogP contribution in [0.5, 0.6) is 0 Å². The van der Waals surface area contributed by atoms with Crippen molar-refractivity contribution in [1.82, 2.24) is 5.48 Å². The zero-order chi connectivity index (χ0) is 21.9. The van der Waals surface area contributed by atoms with Crippen molar-refractivity contribution < 1.29 is 29.7 Å². The Kier molecular flexibility index (Phi) is 10.2. The van der Waals surface area contributed by atoms with Gasteiger partial charge < -0.3 is 15.3 Å². The van der Waals surface area contributed by atoms with E-state index in [4.69, 9.17) is 5.21 Å². The van der Waals surface area contributed by atoms with Crippen LogP contribution in [0, 0.1) is 29.5 Å². The number of halogens is 1. The molecule has 30 heavy (non-hydrogen) atoms. The van der Waals surface area contributed by atoms with Crippen LogP contribution in [0.4, 0.5) is 4.39 Å². The first-order chi connectivity index (χ1) is 14.4. The molecule has 1 amide bonds. The third-order valence-corrected chi connectivity index (χ3v) is 5.86. The number of hydrogen-bond donors (Lipinski definition) is 5. The van der Waals surface area contributed by atoms with Gasteiger partial charge in [-0.15, -0.1) is 0 Å². The van der Waals surface area contributed by atoms with E-state index in [-0.39, 0.29) is 29.7 Å². The molecular formula is C23H32FNO5. The Bertz CT molecular complexity index is 732. The van der Waals surface area contributed by atoms with E-state index in [2.05, 4.69) is 11.8 Å². The van der Waals surface area contributed by atoms with Gasteiger partial charge >= 0.3 is 0 Å². The molecule has 2 rings (SSSR count). The van der Waals surface area contributed by atoms with Crippen molar-refractivity contribution in [3.63, 3.8) is 0 Å². The Labute approximate surface area is 177 Å². The molecule has 0 radical (unpaired) electrons. The predicted molar refractivity (Wildman–Crippen MR) is 110 cm³/mol. The molecule has 1 aliphatic rings. The van der Waals surface area contributed by atoms with Crippen LogP contribution in [-0.4, -0.2) is 44.7 Å². The van der Waals surface area contributed by atoms with Crippen molar-refractivity contribution in [3.05, 3.63) is 35.6 Å². The maximum Gasteiger partial charge on any atom is 0.243 e. The van der Waals surface area contributed by atoms with Gasteiger partial charge in [-0.05, 0) is 56.1 Å². The van der Waals surface area contributed by atoms with E-state index < -0.39 is 24.1 Å². The molecule has 1 aliphatic carbocycles. The van der Waals surface area contributed by atoms with Gasteiger partial charge in [0.15, 0.2) is 0 Å². The molecule has 1 fully saturated rings. The maximum absolute atomic E-state index is 13.6. The number of nitrogens with one attached hydrogen (secondary N) is 1. The van der Waals surface area contributed by atoms with Crippen molar-refractivity contribution in [2.45, 2.75) is 76.1 Å². The lowest BCUT2D eigenvalue weighted by atomic mass is 9.85. The summed E-state index contributed by atoms with van der Waals surface area (Å²) in [5, 5.41) is 39.2. The molecule has 0 spiro atoms. The minimum atomic E-state index is -0.923. The first-order valence-electron chi connectivity index (χ1n) is 10.7. The Balaban J connectivity index is 1.77. The van der Waals surface area contributed by atoms with Crippen LogP contribution < -0.4 is 5.48 Å². The van der Waals surface area contributed by atoms with E-state index in [9.17, 15) is 24.5 Å². The molecule has 1 aromatic carbocycles. The monoisotopic (exact) mass is 421 g/mol. The molecule has 5 N–H and O–H groups in total. The first-order valence-corrected chi connectivity index (χ1v) is 10.7. The summed E-state index contributed by atoms with van der Waals surface area (Å²) in [4.78, 5) is 11.0. The Morgan fingerprint density at radius 1 is 1.10 bits per heavy atom. The minimum absolute atomic E-state index is 0.0348. The lowest BCUT2D eigenvalue weighted by Crippen LogP contribution is -2.23. The van der Waals surface area contributed by atoms with E-state index in [0.717, 1.165) is 25.7 Å². The van der Waals surface area contributed by atoms with Gasteiger partial charge in [-0.1, -0.05) is 43.2 Å². The number of hydroxylamine groups is 1. The Hall–Kier alpha value is -1.98. The van der Waals surface area contributed by atoms with Crippen LogP contribution in [0.3, 0.4) is 0 Å². The van der Waals surface area contributed by atoms with Gasteiger partial charge in [0.05, 0.1) is 17.8 Å². The molecule has 0 aromatic heterocycles.